The number of aromatic nitrogens is 2. The van der Waals surface area contributed by atoms with Crippen molar-refractivity contribution in [2.45, 2.75) is 13.5 Å². The van der Waals surface area contributed by atoms with Gasteiger partial charge in [0, 0.05) is 6.54 Å². The van der Waals surface area contributed by atoms with Gasteiger partial charge in [-0.05, 0) is 40.5 Å². The van der Waals surface area contributed by atoms with Crippen molar-refractivity contribution in [3.05, 3.63) is 46.2 Å². The highest BCUT2D eigenvalue weighted by Crippen LogP contribution is 2.19. The van der Waals surface area contributed by atoms with E-state index in [1.807, 2.05) is 16.8 Å². The fraction of sp³-hybridized carbons (Fsp3) is 0.182. The third-order valence-corrected chi connectivity index (χ3v) is 2.92. The highest BCUT2D eigenvalue weighted by atomic mass is 79.9. The molecule has 0 unspecified atom stereocenters. The summed E-state index contributed by atoms with van der Waals surface area (Å²) in [7, 11) is 0. The summed E-state index contributed by atoms with van der Waals surface area (Å²) in [6.07, 6.45) is 1.77. The average Bonchev–Trinajstić information content (AvgIpc) is 2.59. The van der Waals surface area contributed by atoms with Crippen LogP contribution < -0.4 is 5.73 Å². The maximum atomic E-state index is 5.68. The van der Waals surface area contributed by atoms with Gasteiger partial charge in [-0.25, -0.2) is 4.68 Å². The fourth-order valence-electron chi connectivity index (χ4n) is 1.52. The molecule has 0 aliphatic heterocycles. The van der Waals surface area contributed by atoms with Crippen LogP contribution in [0.3, 0.4) is 0 Å². The van der Waals surface area contributed by atoms with Gasteiger partial charge in [0.15, 0.2) is 0 Å². The fourth-order valence-corrected chi connectivity index (χ4v) is 1.94. The summed E-state index contributed by atoms with van der Waals surface area (Å²) >= 11 is 3.43. The lowest BCUT2D eigenvalue weighted by Gasteiger charge is -2.06. The summed E-state index contributed by atoms with van der Waals surface area (Å²) < 4.78 is 2.81. The molecule has 15 heavy (non-hydrogen) atoms. The lowest BCUT2D eigenvalue weighted by Crippen LogP contribution is -2.07. The Morgan fingerprint density at radius 1 is 1.47 bits per heavy atom. The lowest BCUT2D eigenvalue weighted by molar-refractivity contribution is 0.801. The zero-order valence-corrected chi connectivity index (χ0v) is 10.0. The highest BCUT2D eigenvalue weighted by molar-refractivity contribution is 9.10. The van der Waals surface area contributed by atoms with E-state index in [2.05, 4.69) is 40.1 Å². The van der Waals surface area contributed by atoms with Crippen molar-refractivity contribution in [2.75, 3.05) is 0 Å². The van der Waals surface area contributed by atoms with Gasteiger partial charge >= 0.3 is 0 Å². The van der Waals surface area contributed by atoms with Crippen molar-refractivity contribution in [3.8, 4) is 5.69 Å². The summed E-state index contributed by atoms with van der Waals surface area (Å²) in [5.74, 6) is 0. The molecule has 0 saturated carbocycles. The molecule has 2 rings (SSSR count). The molecule has 0 saturated heterocycles. The van der Waals surface area contributed by atoms with Gasteiger partial charge in [0.05, 0.1) is 22.1 Å². The number of aryl methyl sites for hydroxylation is 1. The maximum absolute atomic E-state index is 5.68. The molecule has 0 aliphatic carbocycles. The molecule has 3 nitrogen and oxygen atoms in total. The van der Waals surface area contributed by atoms with Gasteiger partial charge in [-0.2, -0.15) is 5.10 Å². The predicted octanol–water partition coefficient (Wildman–Crippen LogP) is 2.40. The third kappa shape index (κ3) is 1.96. The summed E-state index contributed by atoms with van der Waals surface area (Å²) in [5, 5.41) is 4.29. The van der Waals surface area contributed by atoms with E-state index in [1.165, 1.54) is 5.56 Å². The molecule has 0 aliphatic rings. The molecule has 2 N–H and O–H groups in total. The Bertz CT molecular complexity index is 476. The summed E-state index contributed by atoms with van der Waals surface area (Å²) in [5.41, 5.74) is 8.92. The molecule has 0 radical (unpaired) electrons. The topological polar surface area (TPSA) is 43.8 Å². The molecular formula is C11H12BrN3. The highest BCUT2D eigenvalue weighted by Gasteiger charge is 2.08. The quantitative estimate of drug-likeness (QED) is 0.907. The van der Waals surface area contributed by atoms with Gasteiger partial charge in [0.25, 0.3) is 0 Å². The molecule has 0 fully saturated rings. The molecule has 0 bridgehead atoms. The summed E-state index contributed by atoms with van der Waals surface area (Å²) in [4.78, 5) is 0. The lowest BCUT2D eigenvalue weighted by atomic mass is 10.2. The standard InChI is InChI=1S/C11H12BrN3/c1-8-3-2-4-9(5-8)15-11(6-13)10(12)7-14-15/h2-5,7H,6,13H2,1H3. The van der Waals surface area contributed by atoms with Gasteiger partial charge < -0.3 is 5.73 Å². The largest absolute Gasteiger partial charge is 0.325 e. The number of benzene rings is 1. The number of hydrogen-bond acceptors (Lipinski definition) is 2. The predicted molar refractivity (Wildman–Crippen MR) is 63.9 cm³/mol. The average molecular weight is 266 g/mol. The second-order valence-corrected chi connectivity index (χ2v) is 4.25. The Morgan fingerprint density at radius 2 is 2.27 bits per heavy atom. The van der Waals surface area contributed by atoms with Crippen LogP contribution in [0.4, 0.5) is 0 Å². The van der Waals surface area contributed by atoms with Gasteiger partial charge in [-0.1, -0.05) is 12.1 Å². The van der Waals surface area contributed by atoms with E-state index in [9.17, 15) is 0 Å². The van der Waals surface area contributed by atoms with E-state index in [0.29, 0.717) is 6.54 Å². The van der Waals surface area contributed by atoms with Crippen LogP contribution in [0.2, 0.25) is 0 Å². The molecular weight excluding hydrogens is 254 g/mol. The summed E-state index contributed by atoms with van der Waals surface area (Å²) in [6, 6.07) is 8.18. The van der Waals surface area contributed by atoms with E-state index >= 15 is 0 Å². The normalized spacial score (nSPS) is 10.6. The molecule has 4 heteroatoms. The SMILES string of the molecule is Cc1cccc(-n2ncc(Br)c2CN)c1. The van der Waals surface area contributed by atoms with E-state index in [1.54, 1.807) is 6.20 Å². The molecule has 1 heterocycles. The molecule has 0 spiro atoms. The molecule has 2 aromatic rings. The Balaban J connectivity index is 2.54. The van der Waals surface area contributed by atoms with Crippen molar-refractivity contribution < 1.29 is 0 Å². The smallest absolute Gasteiger partial charge is 0.0720 e. The Kier molecular flexibility index (Phi) is 2.88. The third-order valence-electron chi connectivity index (χ3n) is 2.26. The molecule has 1 aromatic heterocycles. The van der Waals surface area contributed by atoms with Crippen LogP contribution in [0.25, 0.3) is 5.69 Å². The number of halogens is 1. The Labute approximate surface area is 97.0 Å². The zero-order chi connectivity index (χ0) is 10.8. The van der Waals surface area contributed by atoms with E-state index in [0.717, 1.165) is 15.9 Å². The number of rotatable bonds is 2. The van der Waals surface area contributed by atoms with Gasteiger partial charge in [0.2, 0.25) is 0 Å². The monoisotopic (exact) mass is 265 g/mol. The number of nitrogens with two attached hydrogens (primary N) is 1. The van der Waals surface area contributed by atoms with Crippen LogP contribution in [-0.2, 0) is 6.54 Å². The first-order chi connectivity index (χ1) is 7.22. The first kappa shape index (κ1) is 10.4. The van der Waals surface area contributed by atoms with Crippen molar-refractivity contribution in [1.29, 1.82) is 0 Å². The molecule has 78 valence electrons. The Morgan fingerprint density at radius 3 is 2.93 bits per heavy atom. The first-order valence-corrected chi connectivity index (χ1v) is 5.51. The van der Waals surface area contributed by atoms with E-state index in [-0.39, 0.29) is 0 Å². The second kappa shape index (κ2) is 4.16. The number of hydrogen-bond donors (Lipinski definition) is 1. The van der Waals surface area contributed by atoms with Crippen LogP contribution in [0.5, 0.6) is 0 Å². The van der Waals surface area contributed by atoms with Crippen LogP contribution >= 0.6 is 15.9 Å². The molecule has 0 amide bonds. The maximum Gasteiger partial charge on any atom is 0.0720 e. The Hall–Kier alpha value is -1.13. The van der Waals surface area contributed by atoms with Crippen molar-refractivity contribution in [3.63, 3.8) is 0 Å². The second-order valence-electron chi connectivity index (χ2n) is 3.39. The van der Waals surface area contributed by atoms with Gasteiger partial charge in [-0.15, -0.1) is 0 Å². The van der Waals surface area contributed by atoms with Crippen molar-refractivity contribution >= 4 is 15.9 Å². The van der Waals surface area contributed by atoms with Gasteiger partial charge in [0.1, 0.15) is 0 Å². The van der Waals surface area contributed by atoms with Crippen LogP contribution in [-0.4, -0.2) is 9.78 Å². The van der Waals surface area contributed by atoms with E-state index < -0.39 is 0 Å². The van der Waals surface area contributed by atoms with Crippen molar-refractivity contribution in [2.24, 2.45) is 5.73 Å². The minimum atomic E-state index is 0.467. The molecule has 0 atom stereocenters. The van der Waals surface area contributed by atoms with Crippen molar-refractivity contribution in [1.82, 2.24) is 9.78 Å². The zero-order valence-electron chi connectivity index (χ0n) is 8.44. The molecule has 1 aromatic carbocycles. The number of nitrogens with zero attached hydrogens (tertiary/aromatic N) is 2. The van der Waals surface area contributed by atoms with E-state index in [4.69, 9.17) is 5.73 Å². The first-order valence-electron chi connectivity index (χ1n) is 4.72. The minimum Gasteiger partial charge on any atom is -0.325 e. The summed E-state index contributed by atoms with van der Waals surface area (Å²) in [6.45, 7) is 2.53. The van der Waals surface area contributed by atoms with Gasteiger partial charge in [-0.3, -0.25) is 0 Å². The van der Waals surface area contributed by atoms with Crippen LogP contribution in [0.1, 0.15) is 11.3 Å². The van der Waals surface area contributed by atoms with Crippen LogP contribution in [0, 0.1) is 6.92 Å². The minimum absolute atomic E-state index is 0.467. The van der Waals surface area contributed by atoms with Crippen LogP contribution in [0.15, 0.2) is 34.9 Å².